The van der Waals surface area contributed by atoms with Crippen molar-refractivity contribution in [2.24, 2.45) is 0 Å². The topological polar surface area (TPSA) is 88.4 Å². The summed E-state index contributed by atoms with van der Waals surface area (Å²) in [6, 6.07) is 9.11. The number of amides is 1. The molecular weight excluding hydrogens is 388 g/mol. The molecule has 0 spiro atoms. The van der Waals surface area contributed by atoms with Crippen LogP contribution >= 0.6 is 11.3 Å². The molecule has 1 heterocycles. The average Bonchev–Trinajstić information content (AvgIpc) is 3.31. The lowest BCUT2D eigenvalue weighted by molar-refractivity contribution is -0.112. The number of hydrogen-bond acceptors (Lipinski definition) is 6. The maximum atomic E-state index is 12.7. The number of methoxy groups -OCH3 is 1. The molecular formula is C22H22N2O4S. The van der Waals surface area contributed by atoms with E-state index >= 15 is 0 Å². The highest BCUT2D eigenvalue weighted by Crippen LogP contribution is 2.39. The fourth-order valence-electron chi connectivity index (χ4n) is 3.18. The van der Waals surface area contributed by atoms with Gasteiger partial charge in [0.2, 0.25) is 0 Å². The molecule has 7 heteroatoms. The summed E-state index contributed by atoms with van der Waals surface area (Å²) in [5.41, 5.74) is 2.02. The predicted octanol–water partition coefficient (Wildman–Crippen LogP) is 4.36. The molecule has 1 aromatic heterocycles. The molecule has 1 aliphatic carbocycles. The van der Waals surface area contributed by atoms with Gasteiger partial charge in [-0.15, -0.1) is 11.3 Å². The van der Waals surface area contributed by atoms with Gasteiger partial charge in [0.15, 0.2) is 0 Å². The second-order valence-corrected chi connectivity index (χ2v) is 7.70. The average molecular weight is 410 g/mol. The molecule has 0 aliphatic heterocycles. The number of nitrogens with one attached hydrogen (secondary N) is 1. The van der Waals surface area contributed by atoms with Crippen molar-refractivity contribution in [1.29, 1.82) is 5.26 Å². The summed E-state index contributed by atoms with van der Waals surface area (Å²) in [5, 5.41) is 12.6. The molecule has 6 nitrogen and oxygen atoms in total. The molecule has 0 unspecified atom stereocenters. The van der Waals surface area contributed by atoms with Gasteiger partial charge in [0.1, 0.15) is 22.4 Å². The molecule has 2 aromatic rings. The van der Waals surface area contributed by atoms with Crippen LogP contribution < -0.4 is 10.1 Å². The van der Waals surface area contributed by atoms with Gasteiger partial charge in [-0.2, -0.15) is 5.26 Å². The summed E-state index contributed by atoms with van der Waals surface area (Å²) in [7, 11) is 1.32. The third-order valence-electron chi connectivity index (χ3n) is 4.57. The lowest BCUT2D eigenvalue weighted by Crippen LogP contribution is -2.15. The van der Waals surface area contributed by atoms with E-state index in [1.165, 1.54) is 24.5 Å². The first kappa shape index (κ1) is 20.6. The largest absolute Gasteiger partial charge is 0.494 e. The van der Waals surface area contributed by atoms with Gasteiger partial charge in [-0.05, 0) is 55.0 Å². The van der Waals surface area contributed by atoms with Crippen molar-refractivity contribution in [3.8, 4) is 11.8 Å². The Bertz CT molecular complexity index is 983. The number of hydrogen-bond donors (Lipinski definition) is 1. The first-order valence-electron chi connectivity index (χ1n) is 9.46. The van der Waals surface area contributed by atoms with Gasteiger partial charge in [-0.3, -0.25) is 4.79 Å². The molecule has 0 atom stereocenters. The zero-order chi connectivity index (χ0) is 20.8. The Morgan fingerprint density at radius 2 is 2.03 bits per heavy atom. The molecule has 0 saturated carbocycles. The summed E-state index contributed by atoms with van der Waals surface area (Å²) >= 11 is 1.38. The van der Waals surface area contributed by atoms with Crippen molar-refractivity contribution >= 4 is 34.3 Å². The SMILES string of the molecule is CCCOc1ccc(/C=C(\C#N)C(=O)Nc2sc3c(c2C(=O)OC)CCC3)cc1. The summed E-state index contributed by atoms with van der Waals surface area (Å²) in [5.74, 6) is -0.281. The molecule has 0 bridgehead atoms. The predicted molar refractivity (Wildman–Crippen MR) is 112 cm³/mol. The highest BCUT2D eigenvalue weighted by molar-refractivity contribution is 7.17. The zero-order valence-corrected chi connectivity index (χ0v) is 17.2. The van der Waals surface area contributed by atoms with Crippen LogP contribution in [-0.4, -0.2) is 25.6 Å². The number of carbonyl (C=O) groups is 2. The normalized spacial score (nSPS) is 12.8. The highest BCUT2D eigenvalue weighted by Gasteiger charge is 2.28. The van der Waals surface area contributed by atoms with E-state index in [-0.39, 0.29) is 5.57 Å². The summed E-state index contributed by atoms with van der Waals surface area (Å²) in [6.07, 6.45) is 5.09. The molecule has 0 saturated heterocycles. The first-order chi connectivity index (χ1) is 14.1. The highest BCUT2D eigenvalue weighted by atomic mass is 32.1. The lowest BCUT2D eigenvalue weighted by atomic mass is 10.1. The smallest absolute Gasteiger partial charge is 0.341 e. The molecule has 1 amide bonds. The molecule has 1 N–H and O–H groups in total. The van der Waals surface area contributed by atoms with Gasteiger partial charge in [-0.1, -0.05) is 19.1 Å². The maximum Gasteiger partial charge on any atom is 0.341 e. The van der Waals surface area contributed by atoms with Crippen LogP contribution in [0.5, 0.6) is 5.75 Å². The van der Waals surface area contributed by atoms with Crippen molar-refractivity contribution in [2.75, 3.05) is 19.0 Å². The quantitative estimate of drug-likeness (QED) is 0.416. The number of thiophene rings is 1. The number of fused-ring (bicyclic) bond motifs is 1. The Labute approximate surface area is 173 Å². The summed E-state index contributed by atoms with van der Waals surface area (Å²) < 4.78 is 10.4. The van der Waals surface area contributed by atoms with Crippen LogP contribution in [-0.2, 0) is 22.4 Å². The van der Waals surface area contributed by atoms with Crippen molar-refractivity contribution in [2.45, 2.75) is 32.6 Å². The fourth-order valence-corrected chi connectivity index (χ4v) is 4.45. The molecule has 150 valence electrons. The summed E-state index contributed by atoms with van der Waals surface area (Å²) in [6.45, 7) is 2.66. The van der Waals surface area contributed by atoms with Crippen molar-refractivity contribution < 1.29 is 19.1 Å². The van der Waals surface area contributed by atoms with Gasteiger partial charge < -0.3 is 14.8 Å². The number of nitriles is 1. The standard InChI is InChI=1S/C22H22N2O4S/c1-3-11-28-16-9-7-14(8-10-16)12-15(13-23)20(25)24-21-19(22(26)27-2)17-5-4-6-18(17)29-21/h7-10,12H,3-6,11H2,1-2H3,(H,24,25)/b15-12+. The van der Waals surface area contributed by atoms with Crippen LogP contribution in [0.25, 0.3) is 6.08 Å². The van der Waals surface area contributed by atoms with Crippen LogP contribution in [0.15, 0.2) is 29.8 Å². The van der Waals surface area contributed by atoms with Crippen molar-refractivity contribution in [3.63, 3.8) is 0 Å². The number of esters is 1. The van der Waals surface area contributed by atoms with E-state index in [1.807, 2.05) is 13.0 Å². The molecule has 1 aromatic carbocycles. The first-order valence-corrected chi connectivity index (χ1v) is 10.3. The maximum absolute atomic E-state index is 12.7. The van der Waals surface area contributed by atoms with Crippen LogP contribution in [0.4, 0.5) is 5.00 Å². The Hall–Kier alpha value is -3.11. The van der Waals surface area contributed by atoms with E-state index in [2.05, 4.69) is 5.32 Å². The monoisotopic (exact) mass is 410 g/mol. The number of benzene rings is 1. The summed E-state index contributed by atoms with van der Waals surface area (Å²) in [4.78, 5) is 26.0. The number of rotatable bonds is 7. The minimum Gasteiger partial charge on any atom is -0.494 e. The molecule has 0 fully saturated rings. The number of ether oxygens (including phenoxy) is 2. The number of nitrogens with zero attached hydrogens (tertiary/aromatic N) is 1. The van der Waals surface area contributed by atoms with E-state index in [0.717, 1.165) is 41.9 Å². The number of anilines is 1. The molecule has 3 rings (SSSR count). The van der Waals surface area contributed by atoms with Crippen LogP contribution in [0.3, 0.4) is 0 Å². The second-order valence-electron chi connectivity index (χ2n) is 6.59. The van der Waals surface area contributed by atoms with Crippen molar-refractivity contribution in [3.05, 3.63) is 51.4 Å². The minimum absolute atomic E-state index is 0.0448. The molecule has 0 radical (unpaired) electrons. The van der Waals surface area contributed by atoms with Crippen LogP contribution in [0.1, 0.15) is 46.1 Å². The minimum atomic E-state index is -0.552. The van der Waals surface area contributed by atoms with E-state index < -0.39 is 11.9 Å². The Morgan fingerprint density at radius 1 is 1.28 bits per heavy atom. The molecule has 29 heavy (non-hydrogen) atoms. The van der Waals surface area contributed by atoms with E-state index in [0.29, 0.717) is 22.7 Å². The van der Waals surface area contributed by atoms with Crippen LogP contribution in [0, 0.1) is 11.3 Å². The van der Waals surface area contributed by atoms with Crippen LogP contribution in [0.2, 0.25) is 0 Å². The van der Waals surface area contributed by atoms with Gasteiger partial charge in [0, 0.05) is 4.88 Å². The Balaban J connectivity index is 1.80. The molecule has 1 aliphatic rings. The second kappa shape index (κ2) is 9.39. The van der Waals surface area contributed by atoms with E-state index in [4.69, 9.17) is 9.47 Å². The third-order valence-corrected chi connectivity index (χ3v) is 5.77. The fraction of sp³-hybridized carbons (Fsp3) is 0.318. The lowest BCUT2D eigenvalue weighted by Gasteiger charge is -2.07. The van der Waals surface area contributed by atoms with E-state index in [1.54, 1.807) is 24.3 Å². The van der Waals surface area contributed by atoms with Gasteiger partial charge >= 0.3 is 5.97 Å². The number of aryl methyl sites for hydroxylation is 1. The van der Waals surface area contributed by atoms with E-state index in [9.17, 15) is 14.9 Å². The van der Waals surface area contributed by atoms with Gasteiger partial charge in [0.25, 0.3) is 5.91 Å². The Morgan fingerprint density at radius 3 is 2.69 bits per heavy atom. The zero-order valence-electron chi connectivity index (χ0n) is 16.4. The van der Waals surface area contributed by atoms with Crippen molar-refractivity contribution in [1.82, 2.24) is 0 Å². The van der Waals surface area contributed by atoms with Gasteiger partial charge in [-0.25, -0.2) is 4.79 Å². The van der Waals surface area contributed by atoms with Gasteiger partial charge in [0.05, 0.1) is 19.3 Å². The third kappa shape index (κ3) is 4.66. The Kier molecular flexibility index (Phi) is 6.68. The number of carbonyl (C=O) groups excluding carboxylic acids is 2.